The summed E-state index contributed by atoms with van der Waals surface area (Å²) in [5, 5.41) is 0. The van der Waals surface area contributed by atoms with E-state index in [1.54, 1.807) is 0 Å². The van der Waals surface area contributed by atoms with E-state index in [1.807, 2.05) is 0 Å². The summed E-state index contributed by atoms with van der Waals surface area (Å²) in [6, 6.07) is 54.1. The first-order valence-electron chi connectivity index (χ1n) is 19.9. The number of hydrogen-bond acceptors (Lipinski definition) is 0. The third kappa shape index (κ3) is 5.98. The van der Waals surface area contributed by atoms with E-state index in [4.69, 9.17) is 0 Å². The Balaban J connectivity index is 1.30. The van der Waals surface area contributed by atoms with E-state index in [0.717, 1.165) is 0 Å². The molecule has 53 heavy (non-hydrogen) atoms. The molecule has 0 aromatic heterocycles. The topological polar surface area (TPSA) is 0 Å². The Labute approximate surface area is 313 Å². The number of rotatable bonds is 11. The van der Waals surface area contributed by atoms with E-state index in [2.05, 4.69) is 198 Å². The van der Waals surface area contributed by atoms with Crippen LogP contribution in [0.5, 0.6) is 0 Å². The Morgan fingerprint density at radius 1 is 0.434 bits per heavy atom. The van der Waals surface area contributed by atoms with Crippen LogP contribution >= 0.6 is 0 Å². The molecule has 0 radical (unpaired) electrons. The molecule has 2 aliphatic rings. The molecule has 0 spiro atoms. The minimum atomic E-state index is -5.12. The number of allylic oxidation sites excluding steroid dienone is 2. The summed E-state index contributed by atoms with van der Waals surface area (Å²) in [4.78, 5) is 0. The molecule has 2 unspecified atom stereocenters. The summed E-state index contributed by atoms with van der Waals surface area (Å²) in [6.07, 6.45) is 15.5. The Morgan fingerprint density at radius 3 is 1.26 bits per heavy atom. The van der Waals surface area contributed by atoms with Crippen molar-refractivity contribution >= 4 is 19.1 Å². The number of unbranched alkanes of at least 4 members (excludes halogenated alkanes) is 3. The first-order valence-corrected chi connectivity index (χ1v) is 45.7. The fraction of sp³-hybridized carbons (Fsp3) is 0.216. The Hall–Kier alpha value is -4.11. The standard InChI is InChI=1S/2C21H15.C6H13.3CH3.Hf.H2Si/c2*1-2-8-16(9-3-1)18-12-4-5-13-20(18)21-15-7-11-17-10-6-14-19(17)21;1-3-5-6-4-2;;;;;/h2*1-15H;1,3-6H2,2H3;3*1H3;;1H2. The molecule has 0 fully saturated rings. The van der Waals surface area contributed by atoms with Crippen molar-refractivity contribution in [2.45, 2.75) is 58.2 Å². The van der Waals surface area contributed by atoms with Gasteiger partial charge in [0.2, 0.25) is 0 Å². The van der Waals surface area contributed by atoms with E-state index in [-0.39, 0.29) is 0 Å². The van der Waals surface area contributed by atoms with E-state index in [1.165, 1.54) is 96.6 Å². The van der Waals surface area contributed by atoms with Gasteiger partial charge in [0.15, 0.2) is 0 Å². The predicted molar refractivity (Wildman–Crippen MR) is 233 cm³/mol. The van der Waals surface area contributed by atoms with Crippen molar-refractivity contribution in [1.82, 2.24) is 0 Å². The van der Waals surface area contributed by atoms with Gasteiger partial charge in [0.1, 0.15) is 0 Å². The van der Waals surface area contributed by atoms with Crippen molar-refractivity contribution in [2.75, 3.05) is 0 Å². The van der Waals surface area contributed by atoms with Gasteiger partial charge < -0.3 is 0 Å². The van der Waals surface area contributed by atoms with Gasteiger partial charge >= 0.3 is 316 Å². The molecule has 0 aliphatic heterocycles. The van der Waals surface area contributed by atoms with Crippen molar-refractivity contribution < 1.29 is 14.2 Å². The second-order valence-corrected chi connectivity index (χ2v) is 101. The van der Waals surface area contributed by atoms with Crippen molar-refractivity contribution in [3.8, 4) is 44.5 Å². The van der Waals surface area contributed by atoms with Crippen molar-refractivity contribution in [3.05, 3.63) is 180 Å². The maximum atomic E-state index is 2.86. The van der Waals surface area contributed by atoms with Crippen molar-refractivity contribution in [2.24, 2.45) is 0 Å². The second kappa shape index (κ2) is 12.5. The van der Waals surface area contributed by atoms with Crippen LogP contribution in [0.4, 0.5) is 0 Å². The summed E-state index contributed by atoms with van der Waals surface area (Å²) in [6.45, 7) is 4.85. The predicted octanol–water partition coefficient (Wildman–Crippen LogP) is 14.6. The van der Waals surface area contributed by atoms with Gasteiger partial charge in [0.25, 0.3) is 0 Å². The normalized spacial score (nSPS) is 18.1. The van der Waals surface area contributed by atoms with Crippen LogP contribution in [-0.2, 0) is 14.2 Å². The van der Waals surface area contributed by atoms with Crippen LogP contribution < -0.4 is 0 Å². The molecule has 0 bridgehead atoms. The molecule has 8 rings (SSSR count). The molecule has 266 valence electrons. The van der Waals surface area contributed by atoms with Gasteiger partial charge in [0, 0.05) is 0 Å². The van der Waals surface area contributed by atoms with Gasteiger partial charge in [-0.3, -0.25) is 0 Å². The van der Waals surface area contributed by atoms with Gasteiger partial charge in [-0.25, -0.2) is 0 Å². The summed E-state index contributed by atoms with van der Waals surface area (Å²) in [7, 11) is 0. The zero-order chi connectivity index (χ0) is 36.8. The molecule has 2 aliphatic carbocycles. The van der Waals surface area contributed by atoms with Gasteiger partial charge in [-0.2, -0.15) is 0 Å². The maximum absolute atomic E-state index is 5.12. The van der Waals surface area contributed by atoms with Crippen LogP contribution in [0.3, 0.4) is 0 Å². The first kappa shape index (κ1) is 35.9. The average Bonchev–Trinajstić information content (AvgIpc) is 3.85. The molecule has 0 nitrogen and oxygen atoms in total. The number of fused-ring (bicyclic) bond motifs is 2. The van der Waals surface area contributed by atoms with Gasteiger partial charge in [-0.05, 0) is 0 Å². The quantitative estimate of drug-likeness (QED) is 0.0899. The second-order valence-electron chi connectivity index (χ2n) is 19.5. The van der Waals surface area contributed by atoms with E-state index in [0.29, 0.717) is 7.35 Å². The Kier molecular flexibility index (Phi) is 8.44. The van der Waals surface area contributed by atoms with Crippen LogP contribution in [0.1, 0.15) is 62.2 Å². The number of benzene rings is 6. The Bertz CT molecular complexity index is 2370. The molecule has 6 aromatic carbocycles. The fourth-order valence-corrected chi connectivity index (χ4v) is 49.9. The van der Waals surface area contributed by atoms with Crippen LogP contribution in [0.15, 0.2) is 158 Å². The SMILES string of the molecule is CCCCC[CH2][Hf]([CH3])([CH3])([CH3])(=[SiH2])([CH]1C=Cc2c(-c3ccccc3-c3ccccc3)cccc21)[CH]1C=Cc2c(-c3ccccc3-c3ccccc3)cccc21. The van der Waals surface area contributed by atoms with E-state index >= 15 is 0 Å². The number of hydrogen-bond donors (Lipinski definition) is 0. The average molecular weight is 874 g/mol. The van der Waals surface area contributed by atoms with Gasteiger partial charge in [-0.15, -0.1) is 0 Å². The van der Waals surface area contributed by atoms with Gasteiger partial charge in [-0.1, -0.05) is 0 Å². The van der Waals surface area contributed by atoms with E-state index in [9.17, 15) is 0 Å². The summed E-state index contributed by atoms with van der Waals surface area (Å²) >= 11 is -5.12. The zero-order valence-corrected chi connectivity index (χ0v) is 37.1. The van der Waals surface area contributed by atoms with Crippen LogP contribution in [-0.4, -0.2) is 6.94 Å². The summed E-state index contributed by atoms with van der Waals surface area (Å²) < 4.78 is 10.6. The molecule has 0 saturated heterocycles. The van der Waals surface area contributed by atoms with Gasteiger partial charge in [0.05, 0.1) is 0 Å². The zero-order valence-electron chi connectivity index (χ0n) is 32.1. The molecule has 0 saturated carbocycles. The minimum absolute atomic E-state index is 0.374. The monoisotopic (exact) mass is 874 g/mol. The Morgan fingerprint density at radius 2 is 0.830 bits per heavy atom. The van der Waals surface area contributed by atoms with Crippen LogP contribution in [0.2, 0.25) is 18.2 Å². The molecule has 0 N–H and O–H groups in total. The van der Waals surface area contributed by atoms with Crippen molar-refractivity contribution in [3.63, 3.8) is 0 Å². The molecule has 0 amide bonds. The molecule has 0 heterocycles. The van der Waals surface area contributed by atoms with E-state index < -0.39 is 14.2 Å². The first-order chi connectivity index (χ1) is 25.5. The van der Waals surface area contributed by atoms with Crippen LogP contribution in [0.25, 0.3) is 56.7 Å². The van der Waals surface area contributed by atoms with Crippen molar-refractivity contribution in [1.29, 1.82) is 0 Å². The van der Waals surface area contributed by atoms with Crippen LogP contribution in [0, 0.1) is 0 Å². The molecule has 6 aromatic rings. The fourth-order valence-electron chi connectivity index (χ4n) is 10.7. The molecule has 2 atom stereocenters. The molecule has 2 heteroatoms. The summed E-state index contributed by atoms with van der Waals surface area (Å²) in [5.41, 5.74) is 16.3. The molecular formula is C51H54HfSi. The molecular weight excluding hydrogens is 819 g/mol. The third-order valence-corrected chi connectivity index (χ3v) is 59.8. The summed E-state index contributed by atoms with van der Waals surface area (Å²) in [5.74, 6) is 0. The third-order valence-electron chi connectivity index (χ3n) is 13.8.